The molecule has 122 valence electrons. The number of nitrogens with zero attached hydrogens (tertiary/aromatic N) is 4. The molecule has 0 aliphatic carbocycles. The third-order valence-electron chi connectivity index (χ3n) is 4.11. The Kier molecular flexibility index (Phi) is 5.25. The maximum Gasteiger partial charge on any atom is 0.169 e. The van der Waals surface area contributed by atoms with Crippen LogP contribution >= 0.6 is 12.2 Å². The highest BCUT2D eigenvalue weighted by Crippen LogP contribution is 2.08. The molecule has 1 aliphatic heterocycles. The van der Waals surface area contributed by atoms with E-state index < -0.39 is 0 Å². The smallest absolute Gasteiger partial charge is 0.169 e. The monoisotopic (exact) mass is 329 g/mol. The maximum absolute atomic E-state index is 5.53. The Labute approximate surface area is 142 Å². The molecule has 3 rings (SSSR count). The van der Waals surface area contributed by atoms with E-state index in [0.717, 1.165) is 44.4 Å². The van der Waals surface area contributed by atoms with Crippen molar-refractivity contribution < 1.29 is 0 Å². The summed E-state index contributed by atoms with van der Waals surface area (Å²) >= 11 is 5.53. The van der Waals surface area contributed by atoms with Gasteiger partial charge in [0, 0.05) is 58.1 Å². The predicted molar refractivity (Wildman–Crippen MR) is 95.9 cm³/mol. The van der Waals surface area contributed by atoms with Gasteiger partial charge in [-0.15, -0.1) is 0 Å². The van der Waals surface area contributed by atoms with Crippen molar-refractivity contribution in [3.63, 3.8) is 0 Å². The third kappa shape index (κ3) is 4.53. The fourth-order valence-electron chi connectivity index (χ4n) is 2.81. The number of hydrogen-bond donors (Lipinski definition) is 1. The molecule has 1 fully saturated rings. The summed E-state index contributed by atoms with van der Waals surface area (Å²) < 4.78 is 1.86. The summed E-state index contributed by atoms with van der Waals surface area (Å²) in [5.74, 6) is 0. The van der Waals surface area contributed by atoms with Gasteiger partial charge in [0.25, 0.3) is 0 Å². The van der Waals surface area contributed by atoms with Crippen LogP contribution in [0.2, 0.25) is 0 Å². The first kappa shape index (κ1) is 16.0. The molecule has 23 heavy (non-hydrogen) atoms. The molecule has 0 radical (unpaired) electrons. The summed E-state index contributed by atoms with van der Waals surface area (Å²) in [4.78, 5) is 4.71. The van der Waals surface area contributed by atoms with Crippen molar-refractivity contribution in [2.45, 2.75) is 13.1 Å². The molecule has 2 heterocycles. The molecule has 1 saturated heterocycles. The van der Waals surface area contributed by atoms with E-state index >= 15 is 0 Å². The number of rotatable bonds is 4. The maximum atomic E-state index is 5.53. The average molecular weight is 329 g/mol. The van der Waals surface area contributed by atoms with Crippen molar-refractivity contribution in [1.82, 2.24) is 24.9 Å². The number of aromatic nitrogens is 2. The lowest BCUT2D eigenvalue weighted by atomic mass is 10.2. The molecule has 0 spiro atoms. The zero-order valence-electron chi connectivity index (χ0n) is 13.5. The predicted octanol–water partition coefficient (Wildman–Crippen LogP) is 1.61. The Morgan fingerprint density at radius 2 is 1.87 bits per heavy atom. The molecule has 0 amide bonds. The lowest BCUT2D eigenvalue weighted by molar-refractivity contribution is 0.174. The van der Waals surface area contributed by atoms with Gasteiger partial charge in [-0.1, -0.05) is 30.3 Å². The Morgan fingerprint density at radius 1 is 1.13 bits per heavy atom. The standard InChI is InChI=1S/C17H23N5S/c1-20-13-16(12-19-20)14-21-7-9-22(10-8-21)17(23)18-11-15-5-3-2-4-6-15/h2-6,12-13H,7-11,14H2,1H3,(H,18,23). The van der Waals surface area contributed by atoms with Crippen LogP contribution in [0, 0.1) is 0 Å². The van der Waals surface area contributed by atoms with E-state index in [9.17, 15) is 0 Å². The van der Waals surface area contributed by atoms with Crippen molar-refractivity contribution in [3.8, 4) is 0 Å². The van der Waals surface area contributed by atoms with E-state index in [4.69, 9.17) is 12.2 Å². The van der Waals surface area contributed by atoms with Crippen LogP contribution in [0.4, 0.5) is 0 Å². The molecule has 5 nitrogen and oxygen atoms in total. The van der Waals surface area contributed by atoms with Crippen LogP contribution in [0.3, 0.4) is 0 Å². The number of hydrogen-bond acceptors (Lipinski definition) is 3. The highest BCUT2D eigenvalue weighted by molar-refractivity contribution is 7.80. The highest BCUT2D eigenvalue weighted by atomic mass is 32.1. The molecule has 0 bridgehead atoms. The number of piperazine rings is 1. The summed E-state index contributed by atoms with van der Waals surface area (Å²) in [5, 5.41) is 8.45. The molecule has 1 aromatic carbocycles. The summed E-state index contributed by atoms with van der Waals surface area (Å²) in [7, 11) is 1.96. The second-order valence-electron chi connectivity index (χ2n) is 5.93. The number of thiocarbonyl (C=S) groups is 1. The quantitative estimate of drug-likeness (QED) is 0.863. The van der Waals surface area contributed by atoms with Crippen LogP contribution in [-0.4, -0.2) is 50.9 Å². The third-order valence-corrected chi connectivity index (χ3v) is 4.51. The SMILES string of the molecule is Cn1cc(CN2CCN(C(=S)NCc3ccccc3)CC2)cn1. The fraction of sp³-hybridized carbons (Fsp3) is 0.412. The van der Waals surface area contributed by atoms with E-state index in [0.29, 0.717) is 0 Å². The fourth-order valence-corrected chi connectivity index (χ4v) is 3.06. The molecule has 1 aliphatic rings. The molecule has 0 unspecified atom stereocenters. The van der Waals surface area contributed by atoms with Crippen LogP contribution in [0.25, 0.3) is 0 Å². The second kappa shape index (κ2) is 7.57. The number of nitrogens with one attached hydrogen (secondary N) is 1. The van der Waals surface area contributed by atoms with Crippen molar-refractivity contribution in [2.75, 3.05) is 26.2 Å². The van der Waals surface area contributed by atoms with E-state index in [1.807, 2.05) is 24.0 Å². The molecular formula is C17H23N5S. The lowest BCUT2D eigenvalue weighted by Gasteiger charge is -2.36. The first-order valence-corrected chi connectivity index (χ1v) is 8.38. The number of benzene rings is 1. The lowest BCUT2D eigenvalue weighted by Crippen LogP contribution is -2.51. The van der Waals surface area contributed by atoms with Gasteiger partial charge in [0.15, 0.2) is 5.11 Å². The first-order valence-electron chi connectivity index (χ1n) is 7.97. The van der Waals surface area contributed by atoms with Gasteiger partial charge in [0.1, 0.15) is 0 Å². The Morgan fingerprint density at radius 3 is 2.52 bits per heavy atom. The minimum Gasteiger partial charge on any atom is -0.358 e. The van der Waals surface area contributed by atoms with Crippen LogP contribution in [0.1, 0.15) is 11.1 Å². The molecule has 1 aromatic heterocycles. The summed E-state index contributed by atoms with van der Waals surface area (Å²) in [6, 6.07) is 10.4. The van der Waals surface area contributed by atoms with Gasteiger partial charge in [0.05, 0.1) is 6.20 Å². The topological polar surface area (TPSA) is 36.3 Å². The van der Waals surface area contributed by atoms with Crippen molar-refractivity contribution in [3.05, 3.63) is 53.9 Å². The average Bonchev–Trinajstić information content (AvgIpc) is 2.99. The van der Waals surface area contributed by atoms with E-state index in [1.165, 1.54) is 11.1 Å². The van der Waals surface area contributed by atoms with Gasteiger partial charge in [-0.2, -0.15) is 5.10 Å². The molecule has 2 aromatic rings. The zero-order chi connectivity index (χ0) is 16.1. The largest absolute Gasteiger partial charge is 0.358 e. The van der Waals surface area contributed by atoms with Gasteiger partial charge >= 0.3 is 0 Å². The molecule has 0 saturated carbocycles. The minimum absolute atomic E-state index is 0.787. The molecule has 6 heteroatoms. The Hall–Kier alpha value is -1.92. The first-order chi connectivity index (χ1) is 11.2. The zero-order valence-corrected chi connectivity index (χ0v) is 14.3. The summed E-state index contributed by atoms with van der Waals surface area (Å²) in [6.45, 7) is 5.76. The highest BCUT2D eigenvalue weighted by Gasteiger charge is 2.19. The van der Waals surface area contributed by atoms with Crippen LogP contribution < -0.4 is 5.32 Å². The van der Waals surface area contributed by atoms with Gasteiger partial charge in [-0.25, -0.2) is 0 Å². The van der Waals surface area contributed by atoms with Crippen LogP contribution in [-0.2, 0) is 20.1 Å². The molecule has 0 atom stereocenters. The minimum atomic E-state index is 0.787. The molecular weight excluding hydrogens is 306 g/mol. The van der Waals surface area contributed by atoms with E-state index in [2.05, 4.69) is 50.7 Å². The Bertz CT molecular complexity index is 631. The van der Waals surface area contributed by atoms with Gasteiger partial charge in [-0.3, -0.25) is 9.58 Å². The van der Waals surface area contributed by atoms with Crippen molar-refractivity contribution >= 4 is 17.3 Å². The van der Waals surface area contributed by atoms with Crippen LogP contribution in [0.5, 0.6) is 0 Å². The van der Waals surface area contributed by atoms with Crippen molar-refractivity contribution in [2.24, 2.45) is 7.05 Å². The van der Waals surface area contributed by atoms with Crippen LogP contribution in [0.15, 0.2) is 42.7 Å². The van der Waals surface area contributed by atoms with Gasteiger partial charge < -0.3 is 10.2 Å². The summed E-state index contributed by atoms with van der Waals surface area (Å²) in [5.41, 5.74) is 2.52. The van der Waals surface area contributed by atoms with Gasteiger partial charge in [-0.05, 0) is 17.8 Å². The summed E-state index contributed by atoms with van der Waals surface area (Å²) in [6.07, 6.45) is 4.02. The van der Waals surface area contributed by atoms with Crippen molar-refractivity contribution in [1.29, 1.82) is 0 Å². The van der Waals surface area contributed by atoms with E-state index in [1.54, 1.807) is 0 Å². The van der Waals surface area contributed by atoms with Gasteiger partial charge in [0.2, 0.25) is 0 Å². The normalized spacial score (nSPS) is 15.6. The Balaban J connectivity index is 1.42. The molecule has 1 N–H and O–H groups in total. The van der Waals surface area contributed by atoms with E-state index in [-0.39, 0.29) is 0 Å². The second-order valence-corrected chi connectivity index (χ2v) is 6.32. The number of aryl methyl sites for hydroxylation is 1.